The van der Waals surface area contributed by atoms with E-state index in [4.69, 9.17) is 9.47 Å². The van der Waals surface area contributed by atoms with Gasteiger partial charge in [-0.15, -0.1) is 24.0 Å². The number of nitrogens with one attached hydrogen (secondary N) is 3. The molecule has 1 amide bonds. The summed E-state index contributed by atoms with van der Waals surface area (Å²) in [6.07, 6.45) is 2.97. The van der Waals surface area contributed by atoms with Gasteiger partial charge in [0.05, 0.1) is 7.11 Å². The fourth-order valence-electron chi connectivity index (χ4n) is 3.22. The van der Waals surface area contributed by atoms with Crippen LogP contribution in [-0.2, 0) is 17.8 Å². The smallest absolute Gasteiger partial charge is 0.258 e. The molecule has 0 atom stereocenters. The first kappa shape index (κ1) is 25.8. The van der Waals surface area contributed by atoms with Gasteiger partial charge in [0, 0.05) is 26.2 Å². The highest BCUT2D eigenvalue weighted by Gasteiger charge is 2.23. The third-order valence-electron chi connectivity index (χ3n) is 5.02. The Hall–Kier alpha value is -2.49. The van der Waals surface area contributed by atoms with E-state index in [0.29, 0.717) is 18.3 Å². The van der Waals surface area contributed by atoms with Crippen LogP contribution >= 0.6 is 24.0 Å². The maximum atomic E-state index is 11.8. The highest BCUT2D eigenvalue weighted by Crippen LogP contribution is 2.20. The molecule has 2 aromatic rings. The van der Waals surface area contributed by atoms with Crippen molar-refractivity contribution < 1.29 is 14.3 Å². The monoisotopic (exact) mass is 552 g/mol. The van der Waals surface area contributed by atoms with Crippen molar-refractivity contribution in [3.63, 3.8) is 0 Å². The van der Waals surface area contributed by atoms with Gasteiger partial charge in [0.1, 0.15) is 11.5 Å². The summed E-state index contributed by atoms with van der Waals surface area (Å²) < 4.78 is 11.1. The summed E-state index contributed by atoms with van der Waals surface area (Å²) in [5.74, 6) is 2.24. The second-order valence-corrected chi connectivity index (χ2v) is 7.70. The van der Waals surface area contributed by atoms with E-state index in [1.807, 2.05) is 36.4 Å². The molecule has 3 rings (SSSR count). The molecule has 8 heteroatoms. The van der Waals surface area contributed by atoms with E-state index in [1.165, 1.54) is 11.1 Å². The third kappa shape index (κ3) is 8.57. The molecule has 32 heavy (non-hydrogen) atoms. The molecular weight excluding hydrogens is 519 g/mol. The van der Waals surface area contributed by atoms with Crippen LogP contribution < -0.4 is 25.4 Å². The summed E-state index contributed by atoms with van der Waals surface area (Å²) in [7, 11) is 3.44. The van der Waals surface area contributed by atoms with E-state index in [2.05, 4.69) is 33.9 Å². The molecule has 3 N–H and O–H groups in total. The number of aryl methyl sites for hydroxylation is 1. The highest BCUT2D eigenvalue weighted by atomic mass is 127. The Labute approximate surface area is 207 Å². The number of aliphatic imine (C=N–C) groups is 1. The van der Waals surface area contributed by atoms with Crippen LogP contribution in [0.5, 0.6) is 11.5 Å². The van der Waals surface area contributed by atoms with Gasteiger partial charge in [0.15, 0.2) is 12.6 Å². The van der Waals surface area contributed by atoms with Gasteiger partial charge in [-0.05, 0) is 55.5 Å². The quantitative estimate of drug-likeness (QED) is 0.240. The number of rotatable bonds is 10. The number of ether oxygens (including phenoxy) is 2. The van der Waals surface area contributed by atoms with Crippen LogP contribution in [-0.4, -0.2) is 45.2 Å². The lowest BCUT2D eigenvalue weighted by Crippen LogP contribution is -2.37. The van der Waals surface area contributed by atoms with Gasteiger partial charge in [-0.2, -0.15) is 0 Å². The van der Waals surface area contributed by atoms with Crippen molar-refractivity contribution in [2.45, 2.75) is 38.8 Å². The van der Waals surface area contributed by atoms with E-state index in [-0.39, 0.29) is 36.5 Å². The maximum absolute atomic E-state index is 11.8. The molecule has 0 aromatic heterocycles. The largest absolute Gasteiger partial charge is 0.496 e. The predicted octanol–water partition coefficient (Wildman–Crippen LogP) is 3.19. The molecule has 174 valence electrons. The molecule has 1 aliphatic rings. The average molecular weight is 552 g/mol. The second-order valence-electron chi connectivity index (χ2n) is 7.70. The van der Waals surface area contributed by atoms with E-state index in [9.17, 15) is 4.79 Å². The Kier molecular flexibility index (Phi) is 10.6. The molecule has 0 spiro atoms. The van der Waals surface area contributed by atoms with Crippen molar-refractivity contribution in [1.82, 2.24) is 16.0 Å². The maximum Gasteiger partial charge on any atom is 0.258 e. The van der Waals surface area contributed by atoms with Crippen molar-refractivity contribution in [3.05, 3.63) is 59.2 Å². The molecule has 1 fully saturated rings. The standard InChI is InChI=1S/C24H32N4O3.HI/c1-17-7-10-22(30-3)19(13-17)11-12-26-24(25-2)27-15-18-5-4-6-21(14-18)31-16-23(29)28-20-8-9-20;/h4-7,10,13-14,20H,8-9,11-12,15-16H2,1-3H3,(H,28,29)(H2,25,26,27);1H. The number of carbonyl (C=O) groups is 1. The van der Waals surface area contributed by atoms with Crippen molar-refractivity contribution >= 4 is 35.8 Å². The van der Waals surface area contributed by atoms with Crippen LogP contribution in [0.15, 0.2) is 47.5 Å². The summed E-state index contributed by atoms with van der Waals surface area (Å²) in [4.78, 5) is 16.1. The Morgan fingerprint density at radius 2 is 1.97 bits per heavy atom. The Morgan fingerprint density at radius 3 is 2.69 bits per heavy atom. The van der Waals surface area contributed by atoms with Crippen molar-refractivity contribution in [3.8, 4) is 11.5 Å². The van der Waals surface area contributed by atoms with E-state index in [0.717, 1.165) is 43.1 Å². The molecule has 1 saturated carbocycles. The van der Waals surface area contributed by atoms with E-state index in [1.54, 1.807) is 14.2 Å². The summed E-state index contributed by atoms with van der Waals surface area (Å²) >= 11 is 0. The van der Waals surface area contributed by atoms with Crippen molar-refractivity contribution in [1.29, 1.82) is 0 Å². The van der Waals surface area contributed by atoms with Gasteiger partial charge in [0.2, 0.25) is 0 Å². The number of carbonyl (C=O) groups excluding carboxylic acids is 1. The Bertz CT molecular complexity index is 916. The van der Waals surface area contributed by atoms with Gasteiger partial charge in [-0.1, -0.05) is 29.8 Å². The van der Waals surface area contributed by atoms with Gasteiger partial charge in [-0.25, -0.2) is 0 Å². The minimum Gasteiger partial charge on any atom is -0.496 e. The summed E-state index contributed by atoms with van der Waals surface area (Å²) in [5.41, 5.74) is 3.43. The SMILES string of the molecule is CN=C(NCCc1cc(C)ccc1OC)NCc1cccc(OCC(=O)NC2CC2)c1.I. The fourth-order valence-corrected chi connectivity index (χ4v) is 3.22. The van der Waals surface area contributed by atoms with Crippen molar-refractivity contribution in [2.24, 2.45) is 4.99 Å². The molecule has 1 aliphatic carbocycles. The minimum absolute atomic E-state index is 0. The number of guanidine groups is 1. The van der Waals surface area contributed by atoms with Gasteiger partial charge < -0.3 is 25.4 Å². The first-order valence-electron chi connectivity index (χ1n) is 10.7. The predicted molar refractivity (Wildman–Crippen MR) is 138 cm³/mol. The summed E-state index contributed by atoms with van der Waals surface area (Å²) in [6, 6.07) is 14.3. The molecule has 0 unspecified atom stereocenters. The number of benzene rings is 2. The summed E-state index contributed by atoms with van der Waals surface area (Å²) in [5, 5.41) is 9.57. The lowest BCUT2D eigenvalue weighted by molar-refractivity contribution is -0.123. The number of methoxy groups -OCH3 is 1. The van der Waals surface area contributed by atoms with Crippen LogP contribution in [0.1, 0.15) is 29.5 Å². The number of amides is 1. The zero-order chi connectivity index (χ0) is 22.1. The number of hydrogen-bond donors (Lipinski definition) is 3. The molecule has 0 heterocycles. The van der Waals surface area contributed by atoms with Gasteiger partial charge in [0.25, 0.3) is 5.91 Å². The van der Waals surface area contributed by atoms with Crippen LogP contribution in [0.3, 0.4) is 0 Å². The molecule has 0 bridgehead atoms. The van der Waals surface area contributed by atoms with Crippen molar-refractivity contribution in [2.75, 3.05) is 27.3 Å². The van der Waals surface area contributed by atoms with Crippen LogP contribution in [0, 0.1) is 6.92 Å². The van der Waals surface area contributed by atoms with E-state index >= 15 is 0 Å². The van der Waals surface area contributed by atoms with Crippen LogP contribution in [0.25, 0.3) is 0 Å². The molecular formula is C24H33IN4O3. The normalized spacial score (nSPS) is 13.0. The van der Waals surface area contributed by atoms with E-state index < -0.39 is 0 Å². The first-order chi connectivity index (χ1) is 15.1. The topological polar surface area (TPSA) is 84.0 Å². The Morgan fingerprint density at radius 1 is 1.16 bits per heavy atom. The minimum atomic E-state index is -0.0686. The fraction of sp³-hybridized carbons (Fsp3) is 0.417. The van der Waals surface area contributed by atoms with Gasteiger partial charge in [-0.3, -0.25) is 9.79 Å². The third-order valence-corrected chi connectivity index (χ3v) is 5.02. The van der Waals surface area contributed by atoms with Gasteiger partial charge >= 0.3 is 0 Å². The molecule has 0 radical (unpaired) electrons. The second kappa shape index (κ2) is 13.1. The molecule has 2 aromatic carbocycles. The lowest BCUT2D eigenvalue weighted by Gasteiger charge is -2.14. The highest BCUT2D eigenvalue weighted by molar-refractivity contribution is 14.0. The lowest BCUT2D eigenvalue weighted by atomic mass is 10.1. The number of nitrogens with zero attached hydrogens (tertiary/aromatic N) is 1. The zero-order valence-electron chi connectivity index (χ0n) is 18.9. The average Bonchev–Trinajstić information content (AvgIpc) is 3.59. The number of halogens is 1. The molecule has 7 nitrogen and oxygen atoms in total. The van der Waals surface area contributed by atoms with Crippen LogP contribution in [0.4, 0.5) is 0 Å². The molecule has 0 saturated heterocycles. The zero-order valence-corrected chi connectivity index (χ0v) is 21.3. The summed E-state index contributed by atoms with van der Waals surface area (Å²) in [6.45, 7) is 3.45. The van der Waals surface area contributed by atoms with Crippen LogP contribution in [0.2, 0.25) is 0 Å². The first-order valence-corrected chi connectivity index (χ1v) is 10.7. The molecule has 0 aliphatic heterocycles. The number of hydrogen-bond acceptors (Lipinski definition) is 4. The Balaban J connectivity index is 0.00000363.